The molecule has 0 saturated carbocycles. The predicted molar refractivity (Wildman–Crippen MR) is 71.4 cm³/mol. The van der Waals surface area contributed by atoms with Gasteiger partial charge >= 0.3 is 0 Å². The number of nitrogens with one attached hydrogen (secondary N) is 1. The Labute approximate surface area is 112 Å². The second kappa shape index (κ2) is 6.38. The number of hydrogen-bond donors (Lipinski definition) is 1. The molecule has 1 aromatic heterocycles. The first kappa shape index (κ1) is 13.6. The quantitative estimate of drug-likeness (QED) is 0.866. The molecule has 0 aliphatic rings. The Bertz CT molecular complexity index is 509. The molecule has 1 heterocycles. The fourth-order valence-electron chi connectivity index (χ4n) is 1.75. The molecular weight excluding hydrogens is 245 g/mol. The monoisotopic (exact) mass is 263 g/mol. The third kappa shape index (κ3) is 4.10. The van der Waals surface area contributed by atoms with Crippen LogP contribution in [0.15, 0.2) is 41.0 Å². The van der Waals surface area contributed by atoms with Crippen molar-refractivity contribution < 1.29 is 13.5 Å². The molecule has 2 rings (SSSR count). The van der Waals surface area contributed by atoms with Gasteiger partial charge in [0, 0.05) is 6.54 Å². The predicted octanol–water partition coefficient (Wildman–Crippen LogP) is 3.50. The van der Waals surface area contributed by atoms with Crippen LogP contribution in [0.5, 0.6) is 5.75 Å². The summed E-state index contributed by atoms with van der Waals surface area (Å²) in [6.07, 6.45) is 1.60. The summed E-state index contributed by atoms with van der Waals surface area (Å²) in [6, 6.07) is 8.75. The zero-order valence-electron chi connectivity index (χ0n) is 11.2. The molecule has 2 aromatic rings. The van der Waals surface area contributed by atoms with E-state index in [1.807, 2.05) is 32.0 Å². The van der Waals surface area contributed by atoms with Crippen LogP contribution >= 0.6 is 0 Å². The van der Waals surface area contributed by atoms with E-state index in [1.165, 1.54) is 6.07 Å². The molecule has 0 aliphatic carbocycles. The zero-order chi connectivity index (χ0) is 13.7. The SMILES string of the molecule is CC(C)Oc1ccc(CNCc2ccco2)cc1F. The second-order valence-corrected chi connectivity index (χ2v) is 4.61. The highest BCUT2D eigenvalue weighted by Crippen LogP contribution is 2.19. The molecule has 3 nitrogen and oxygen atoms in total. The highest BCUT2D eigenvalue weighted by molar-refractivity contribution is 5.29. The molecule has 0 spiro atoms. The highest BCUT2D eigenvalue weighted by atomic mass is 19.1. The van der Waals surface area contributed by atoms with E-state index in [-0.39, 0.29) is 11.9 Å². The minimum absolute atomic E-state index is 0.0302. The average Bonchev–Trinajstić information content (AvgIpc) is 2.85. The summed E-state index contributed by atoms with van der Waals surface area (Å²) in [7, 11) is 0. The molecule has 0 saturated heterocycles. The smallest absolute Gasteiger partial charge is 0.165 e. The molecule has 0 fully saturated rings. The minimum atomic E-state index is -0.328. The Morgan fingerprint density at radius 2 is 2.11 bits per heavy atom. The number of ether oxygens (including phenoxy) is 1. The van der Waals surface area contributed by atoms with E-state index in [9.17, 15) is 4.39 Å². The van der Waals surface area contributed by atoms with Crippen LogP contribution in [0, 0.1) is 5.82 Å². The summed E-state index contributed by atoms with van der Waals surface area (Å²) in [5.41, 5.74) is 0.875. The van der Waals surface area contributed by atoms with Crippen molar-refractivity contribution in [2.75, 3.05) is 0 Å². The van der Waals surface area contributed by atoms with Crippen molar-refractivity contribution in [2.24, 2.45) is 0 Å². The Morgan fingerprint density at radius 1 is 1.26 bits per heavy atom. The maximum absolute atomic E-state index is 13.7. The van der Waals surface area contributed by atoms with Crippen LogP contribution in [0.2, 0.25) is 0 Å². The molecule has 0 radical (unpaired) electrons. The molecule has 0 atom stereocenters. The first-order valence-electron chi connectivity index (χ1n) is 6.33. The van der Waals surface area contributed by atoms with Crippen molar-refractivity contribution in [1.82, 2.24) is 5.32 Å². The molecule has 0 aliphatic heterocycles. The van der Waals surface area contributed by atoms with E-state index in [4.69, 9.17) is 9.15 Å². The molecule has 19 heavy (non-hydrogen) atoms. The van der Waals surface area contributed by atoms with Crippen LogP contribution in [-0.4, -0.2) is 6.10 Å². The lowest BCUT2D eigenvalue weighted by Crippen LogP contribution is -2.12. The summed E-state index contributed by atoms with van der Waals surface area (Å²) in [5.74, 6) is 0.830. The van der Waals surface area contributed by atoms with E-state index in [0.717, 1.165) is 11.3 Å². The molecule has 4 heteroatoms. The molecule has 0 amide bonds. The summed E-state index contributed by atoms with van der Waals surface area (Å²) in [5, 5.41) is 3.19. The largest absolute Gasteiger partial charge is 0.488 e. The van der Waals surface area contributed by atoms with Gasteiger partial charge in [-0.3, -0.25) is 0 Å². The first-order valence-corrected chi connectivity index (χ1v) is 6.33. The number of hydrogen-bond acceptors (Lipinski definition) is 3. The van der Waals surface area contributed by atoms with E-state index >= 15 is 0 Å². The molecular formula is C15H18FNO2. The summed E-state index contributed by atoms with van der Waals surface area (Å²) in [4.78, 5) is 0. The van der Waals surface area contributed by atoms with Crippen LogP contribution in [0.25, 0.3) is 0 Å². The topological polar surface area (TPSA) is 34.4 Å². The van der Waals surface area contributed by atoms with Gasteiger partial charge in [0.15, 0.2) is 11.6 Å². The van der Waals surface area contributed by atoms with Crippen molar-refractivity contribution in [3.63, 3.8) is 0 Å². The van der Waals surface area contributed by atoms with Gasteiger partial charge in [0.2, 0.25) is 0 Å². The number of benzene rings is 1. The lowest BCUT2D eigenvalue weighted by molar-refractivity contribution is 0.231. The molecule has 102 valence electrons. The van der Waals surface area contributed by atoms with Crippen molar-refractivity contribution in [2.45, 2.75) is 33.0 Å². The third-order valence-corrected chi connectivity index (χ3v) is 2.57. The van der Waals surface area contributed by atoms with Gasteiger partial charge < -0.3 is 14.5 Å². The second-order valence-electron chi connectivity index (χ2n) is 4.61. The Hall–Kier alpha value is -1.81. The Morgan fingerprint density at radius 3 is 2.74 bits per heavy atom. The van der Waals surface area contributed by atoms with Gasteiger partial charge in [-0.25, -0.2) is 4.39 Å². The van der Waals surface area contributed by atoms with Crippen LogP contribution in [0.4, 0.5) is 4.39 Å². The number of rotatable bonds is 6. The van der Waals surface area contributed by atoms with Gasteiger partial charge in [0.25, 0.3) is 0 Å². The van der Waals surface area contributed by atoms with Crippen LogP contribution < -0.4 is 10.1 Å². The van der Waals surface area contributed by atoms with Crippen molar-refractivity contribution in [1.29, 1.82) is 0 Å². The van der Waals surface area contributed by atoms with Gasteiger partial charge in [0.05, 0.1) is 18.9 Å². The van der Waals surface area contributed by atoms with Crippen LogP contribution in [0.1, 0.15) is 25.2 Å². The normalized spacial score (nSPS) is 10.9. The van der Waals surface area contributed by atoms with Crippen molar-refractivity contribution in [3.05, 3.63) is 53.7 Å². The van der Waals surface area contributed by atoms with Gasteiger partial charge in [-0.05, 0) is 43.7 Å². The van der Waals surface area contributed by atoms with Gasteiger partial charge in [0.1, 0.15) is 5.76 Å². The maximum Gasteiger partial charge on any atom is 0.165 e. The summed E-state index contributed by atoms with van der Waals surface area (Å²) in [6.45, 7) is 4.95. The third-order valence-electron chi connectivity index (χ3n) is 2.57. The van der Waals surface area contributed by atoms with Crippen molar-refractivity contribution >= 4 is 0 Å². The zero-order valence-corrected chi connectivity index (χ0v) is 11.2. The fourth-order valence-corrected chi connectivity index (χ4v) is 1.75. The molecule has 0 bridgehead atoms. The molecule has 1 aromatic carbocycles. The summed E-state index contributed by atoms with van der Waals surface area (Å²) < 4.78 is 24.3. The standard InChI is InChI=1S/C15H18FNO2/c1-11(2)19-15-6-5-12(8-14(15)16)9-17-10-13-4-3-7-18-13/h3-8,11,17H,9-10H2,1-2H3. The van der Waals surface area contributed by atoms with E-state index in [1.54, 1.807) is 12.3 Å². The molecule has 1 N–H and O–H groups in total. The first-order chi connectivity index (χ1) is 9.15. The summed E-state index contributed by atoms with van der Waals surface area (Å²) >= 11 is 0. The minimum Gasteiger partial charge on any atom is -0.488 e. The van der Waals surface area contributed by atoms with Gasteiger partial charge in [-0.1, -0.05) is 6.07 Å². The van der Waals surface area contributed by atoms with Crippen LogP contribution in [0.3, 0.4) is 0 Å². The fraction of sp³-hybridized carbons (Fsp3) is 0.333. The van der Waals surface area contributed by atoms with E-state index in [2.05, 4.69) is 5.32 Å². The lowest BCUT2D eigenvalue weighted by atomic mass is 10.2. The average molecular weight is 263 g/mol. The Balaban J connectivity index is 1.89. The van der Waals surface area contributed by atoms with Gasteiger partial charge in [-0.15, -0.1) is 0 Å². The van der Waals surface area contributed by atoms with Crippen LogP contribution in [-0.2, 0) is 13.1 Å². The van der Waals surface area contributed by atoms with E-state index in [0.29, 0.717) is 18.8 Å². The Kier molecular flexibility index (Phi) is 4.58. The van der Waals surface area contributed by atoms with E-state index < -0.39 is 0 Å². The molecule has 0 unspecified atom stereocenters. The lowest BCUT2D eigenvalue weighted by Gasteiger charge is -2.11. The van der Waals surface area contributed by atoms with Gasteiger partial charge in [-0.2, -0.15) is 0 Å². The van der Waals surface area contributed by atoms with Crippen molar-refractivity contribution in [3.8, 4) is 5.75 Å². The number of halogens is 1. The maximum atomic E-state index is 13.7. The highest BCUT2D eigenvalue weighted by Gasteiger charge is 2.06. The number of furan rings is 1.